The van der Waals surface area contributed by atoms with Crippen LogP contribution in [-0.4, -0.2) is 40.9 Å². The van der Waals surface area contributed by atoms with Crippen molar-refractivity contribution < 1.29 is 40.9 Å². The molecular formula is C56H48O8. The van der Waals surface area contributed by atoms with Gasteiger partial charge in [-0.1, -0.05) is 119 Å². The Labute approximate surface area is 371 Å². The van der Waals surface area contributed by atoms with Crippen molar-refractivity contribution in [1.29, 1.82) is 0 Å². The Morgan fingerprint density at radius 2 is 0.359 bits per heavy atom. The van der Waals surface area contributed by atoms with Crippen LogP contribution in [0.1, 0.15) is 113 Å². The van der Waals surface area contributed by atoms with Crippen molar-refractivity contribution in [3.63, 3.8) is 0 Å². The summed E-state index contributed by atoms with van der Waals surface area (Å²) >= 11 is 0. The van der Waals surface area contributed by atoms with E-state index in [-0.39, 0.29) is 46.0 Å². The first-order valence-corrected chi connectivity index (χ1v) is 21.2. The van der Waals surface area contributed by atoms with Crippen LogP contribution in [0.4, 0.5) is 0 Å². The Balaban J connectivity index is 1.48. The lowest BCUT2D eigenvalue weighted by molar-refractivity contribution is 0.431. The summed E-state index contributed by atoms with van der Waals surface area (Å²) in [7, 11) is 0. The molecule has 8 N–H and O–H groups in total. The van der Waals surface area contributed by atoms with E-state index in [0.717, 1.165) is 22.3 Å². The molecule has 0 unspecified atom stereocenters. The number of phenols is 8. The highest BCUT2D eigenvalue weighted by atomic mass is 16.3. The van der Waals surface area contributed by atoms with E-state index in [1.54, 1.807) is 24.3 Å². The maximum atomic E-state index is 12.0. The van der Waals surface area contributed by atoms with Gasteiger partial charge < -0.3 is 40.9 Å². The summed E-state index contributed by atoms with van der Waals surface area (Å²) in [6.45, 7) is 7.81. The number of hydrogen-bond donors (Lipinski definition) is 8. The molecule has 64 heavy (non-hydrogen) atoms. The summed E-state index contributed by atoms with van der Waals surface area (Å²) < 4.78 is 0. The Bertz CT molecular complexity index is 2540. The molecule has 0 aromatic heterocycles. The average molecular weight is 849 g/mol. The quantitative estimate of drug-likeness (QED) is 0.0868. The first-order chi connectivity index (χ1) is 30.7. The van der Waals surface area contributed by atoms with Gasteiger partial charge in [0, 0.05) is 92.4 Å². The third kappa shape index (κ3) is 7.36. The van der Waals surface area contributed by atoms with Crippen LogP contribution >= 0.6 is 0 Å². The summed E-state index contributed by atoms with van der Waals surface area (Å²) in [6.07, 6.45) is 0. The van der Waals surface area contributed by atoms with E-state index in [1.807, 2.05) is 125 Å². The van der Waals surface area contributed by atoms with Gasteiger partial charge in [-0.05, 0) is 74.2 Å². The van der Waals surface area contributed by atoms with E-state index in [2.05, 4.69) is 0 Å². The molecule has 320 valence electrons. The summed E-state index contributed by atoms with van der Waals surface area (Å²) in [5.41, 5.74) is 9.09. The lowest BCUT2D eigenvalue weighted by atomic mass is 9.75. The van der Waals surface area contributed by atoms with Gasteiger partial charge in [-0.3, -0.25) is 0 Å². The zero-order chi connectivity index (χ0) is 45.1. The maximum Gasteiger partial charge on any atom is 0.123 e. The summed E-state index contributed by atoms with van der Waals surface area (Å²) in [4.78, 5) is 0. The number of hydrogen-bond acceptors (Lipinski definition) is 8. The van der Waals surface area contributed by atoms with E-state index in [1.165, 1.54) is 24.3 Å². The molecule has 0 atom stereocenters. The molecule has 8 aromatic rings. The van der Waals surface area contributed by atoms with Crippen molar-refractivity contribution in [1.82, 2.24) is 0 Å². The minimum absolute atomic E-state index is 0.268. The number of aromatic hydroxyl groups is 8. The predicted molar refractivity (Wildman–Crippen MR) is 248 cm³/mol. The zero-order valence-corrected chi connectivity index (χ0v) is 35.7. The van der Waals surface area contributed by atoms with Crippen LogP contribution < -0.4 is 0 Å². The fraction of sp³-hybridized carbons (Fsp3) is 0.143. The predicted octanol–water partition coefficient (Wildman–Crippen LogP) is 11.6. The van der Waals surface area contributed by atoms with E-state index < -0.39 is 23.7 Å². The molecule has 0 amide bonds. The standard InChI is InChI=1S/C56H48O8/c1-29-5-13-33(14-6-29)53-37-21-39(47(59)25-45(37)57)54(34-15-7-30(2)8-16-34)41-23-43(51(63)27-49(41)61)56(36-19-11-32(4)12-20-36)44-24-42(50(62)28-52(44)64)55(35-17-9-31(3)10-18-35)40-22-38(53)46(58)26-48(40)60/h5-28,53-64H,1-4H3. The van der Waals surface area contributed by atoms with Gasteiger partial charge in [-0.25, -0.2) is 0 Å². The van der Waals surface area contributed by atoms with Crippen LogP contribution in [0.3, 0.4) is 0 Å². The average Bonchev–Trinajstić information content (AvgIpc) is 3.25. The van der Waals surface area contributed by atoms with Crippen LogP contribution in [0.2, 0.25) is 0 Å². The molecule has 8 heteroatoms. The number of benzene rings is 8. The molecule has 9 rings (SSSR count). The van der Waals surface area contributed by atoms with Crippen LogP contribution in [0, 0.1) is 27.7 Å². The normalized spacial score (nSPS) is 16.9. The van der Waals surface area contributed by atoms with E-state index in [0.29, 0.717) is 66.8 Å². The Kier molecular flexibility index (Phi) is 10.5. The molecule has 0 spiro atoms. The number of aryl methyl sites for hydroxylation is 4. The molecule has 0 saturated carbocycles. The van der Waals surface area contributed by atoms with Crippen molar-refractivity contribution in [2.24, 2.45) is 0 Å². The van der Waals surface area contributed by atoms with E-state index in [4.69, 9.17) is 0 Å². The number of fused-ring (bicyclic) bond motifs is 8. The second-order valence-corrected chi connectivity index (χ2v) is 17.3. The minimum atomic E-state index is -0.900. The van der Waals surface area contributed by atoms with Gasteiger partial charge >= 0.3 is 0 Å². The molecule has 0 saturated heterocycles. The highest BCUT2D eigenvalue weighted by molar-refractivity contribution is 5.67. The van der Waals surface area contributed by atoms with Gasteiger partial charge in [0.2, 0.25) is 0 Å². The van der Waals surface area contributed by atoms with Crippen LogP contribution in [-0.2, 0) is 0 Å². The molecule has 0 aliphatic heterocycles. The monoisotopic (exact) mass is 848 g/mol. The first-order valence-electron chi connectivity index (χ1n) is 21.2. The minimum Gasteiger partial charge on any atom is -0.507 e. The topological polar surface area (TPSA) is 162 Å². The maximum absolute atomic E-state index is 12.0. The van der Waals surface area contributed by atoms with Gasteiger partial charge in [-0.2, -0.15) is 0 Å². The summed E-state index contributed by atoms with van der Waals surface area (Å²) in [5.74, 6) is -5.74. The molecule has 1 aliphatic rings. The highest BCUT2D eigenvalue weighted by Gasteiger charge is 2.35. The zero-order valence-electron chi connectivity index (χ0n) is 35.7. The highest BCUT2D eigenvalue weighted by Crippen LogP contribution is 2.53. The molecule has 0 radical (unpaired) electrons. The van der Waals surface area contributed by atoms with Gasteiger partial charge in [-0.15, -0.1) is 0 Å². The molecule has 8 aromatic carbocycles. The Morgan fingerprint density at radius 3 is 0.500 bits per heavy atom. The van der Waals surface area contributed by atoms with Crippen molar-refractivity contribution in [2.75, 3.05) is 0 Å². The third-order valence-corrected chi connectivity index (χ3v) is 12.8. The fourth-order valence-electron chi connectivity index (χ4n) is 9.44. The number of rotatable bonds is 4. The van der Waals surface area contributed by atoms with E-state index >= 15 is 0 Å². The smallest absolute Gasteiger partial charge is 0.123 e. The summed E-state index contributed by atoms with van der Waals surface area (Å²) in [6, 6.07) is 42.3. The van der Waals surface area contributed by atoms with Gasteiger partial charge in [0.05, 0.1) is 0 Å². The molecule has 0 heterocycles. The number of phenolic OH excluding ortho intramolecular Hbond substituents is 8. The molecular weight excluding hydrogens is 801 g/mol. The lowest BCUT2D eigenvalue weighted by Gasteiger charge is -2.29. The van der Waals surface area contributed by atoms with Crippen molar-refractivity contribution >= 4 is 0 Å². The van der Waals surface area contributed by atoms with Gasteiger partial charge in [0.25, 0.3) is 0 Å². The molecule has 8 bridgehead atoms. The summed E-state index contributed by atoms with van der Waals surface area (Å²) in [5, 5.41) is 95.9. The van der Waals surface area contributed by atoms with E-state index in [9.17, 15) is 40.9 Å². The van der Waals surface area contributed by atoms with Crippen LogP contribution in [0.15, 0.2) is 146 Å². The first kappa shape index (κ1) is 41.5. The molecule has 0 fully saturated rings. The van der Waals surface area contributed by atoms with Crippen molar-refractivity contribution in [2.45, 2.75) is 51.4 Å². The Hall–Kier alpha value is -7.84. The van der Waals surface area contributed by atoms with Gasteiger partial charge in [0.15, 0.2) is 0 Å². The van der Waals surface area contributed by atoms with Crippen molar-refractivity contribution in [3.8, 4) is 46.0 Å². The second kappa shape index (κ2) is 16.1. The largest absolute Gasteiger partial charge is 0.507 e. The van der Waals surface area contributed by atoms with Gasteiger partial charge in [0.1, 0.15) is 46.0 Å². The van der Waals surface area contributed by atoms with Crippen LogP contribution in [0.25, 0.3) is 0 Å². The Morgan fingerprint density at radius 1 is 0.219 bits per heavy atom. The lowest BCUT2D eigenvalue weighted by Crippen LogP contribution is -2.13. The van der Waals surface area contributed by atoms with Crippen molar-refractivity contribution in [3.05, 3.63) is 235 Å². The third-order valence-electron chi connectivity index (χ3n) is 12.8. The second-order valence-electron chi connectivity index (χ2n) is 17.3. The van der Waals surface area contributed by atoms with Crippen LogP contribution in [0.5, 0.6) is 46.0 Å². The fourth-order valence-corrected chi connectivity index (χ4v) is 9.44. The molecule has 8 nitrogen and oxygen atoms in total. The SMILES string of the molecule is Cc1ccc(C2c3cc(c(O)cc3O)C(c3ccc(C)cc3)c3cc(c(O)cc3O)C(c3ccc(C)cc3)c3cc(c(O)cc3O)C(c3ccc(C)cc3)c3cc2c(O)cc3O)cc1. The molecule has 1 aliphatic carbocycles.